The van der Waals surface area contributed by atoms with E-state index in [1.807, 2.05) is 84.6 Å². The SMILES string of the molecule is Cc1ccc(NC(=O)N2CCSC2c2ccccc2OCc2ccccc2)cc1. The van der Waals surface area contributed by atoms with Crippen LogP contribution in [-0.4, -0.2) is 23.2 Å². The molecule has 0 spiro atoms. The molecule has 29 heavy (non-hydrogen) atoms. The number of hydrogen-bond donors (Lipinski definition) is 1. The molecule has 0 bridgehead atoms. The van der Waals surface area contributed by atoms with Crippen molar-refractivity contribution in [2.24, 2.45) is 0 Å². The summed E-state index contributed by atoms with van der Waals surface area (Å²) >= 11 is 1.77. The molecule has 1 aliphatic heterocycles. The minimum atomic E-state index is -0.0817. The molecule has 1 saturated heterocycles. The average Bonchev–Trinajstić information content (AvgIpc) is 3.25. The highest BCUT2D eigenvalue weighted by molar-refractivity contribution is 7.99. The number of hydrogen-bond acceptors (Lipinski definition) is 3. The Morgan fingerprint density at radius 3 is 2.55 bits per heavy atom. The fourth-order valence-corrected chi connectivity index (χ4v) is 4.60. The topological polar surface area (TPSA) is 41.6 Å². The third kappa shape index (κ3) is 4.74. The summed E-state index contributed by atoms with van der Waals surface area (Å²) < 4.78 is 6.12. The predicted molar refractivity (Wildman–Crippen MR) is 119 cm³/mol. The maximum absolute atomic E-state index is 12.9. The van der Waals surface area contributed by atoms with Gasteiger partial charge in [0.2, 0.25) is 0 Å². The number of anilines is 1. The third-order valence-corrected chi connectivity index (χ3v) is 6.12. The Bertz CT molecular complexity index is 960. The number of carbonyl (C=O) groups is 1. The second kappa shape index (κ2) is 9.05. The van der Waals surface area contributed by atoms with E-state index < -0.39 is 0 Å². The molecule has 2 amide bonds. The van der Waals surface area contributed by atoms with Gasteiger partial charge >= 0.3 is 6.03 Å². The summed E-state index contributed by atoms with van der Waals surface area (Å²) in [6.45, 7) is 3.25. The van der Waals surface area contributed by atoms with E-state index in [-0.39, 0.29) is 11.4 Å². The van der Waals surface area contributed by atoms with Crippen molar-refractivity contribution in [3.05, 3.63) is 95.6 Å². The van der Waals surface area contributed by atoms with Crippen LogP contribution in [0.5, 0.6) is 5.75 Å². The summed E-state index contributed by atoms with van der Waals surface area (Å²) in [7, 11) is 0. The fourth-order valence-electron chi connectivity index (χ4n) is 3.32. The molecule has 0 radical (unpaired) electrons. The summed E-state index contributed by atoms with van der Waals surface area (Å²) in [4.78, 5) is 14.8. The summed E-state index contributed by atoms with van der Waals surface area (Å²) in [6.07, 6.45) is 0. The highest BCUT2D eigenvalue weighted by Gasteiger charge is 2.32. The van der Waals surface area contributed by atoms with Crippen molar-refractivity contribution in [2.45, 2.75) is 18.9 Å². The lowest BCUT2D eigenvalue weighted by Crippen LogP contribution is -2.34. The lowest BCUT2D eigenvalue weighted by Gasteiger charge is -2.26. The van der Waals surface area contributed by atoms with Gasteiger partial charge in [-0.25, -0.2) is 4.79 Å². The zero-order valence-electron chi connectivity index (χ0n) is 16.4. The number of ether oxygens (including phenoxy) is 1. The molecule has 4 rings (SSSR count). The number of para-hydroxylation sites is 1. The summed E-state index contributed by atoms with van der Waals surface area (Å²) in [5, 5.41) is 2.96. The number of benzene rings is 3. The Hall–Kier alpha value is -2.92. The minimum Gasteiger partial charge on any atom is -0.489 e. The Labute approximate surface area is 175 Å². The van der Waals surface area contributed by atoms with Crippen LogP contribution in [0.15, 0.2) is 78.9 Å². The van der Waals surface area contributed by atoms with Gasteiger partial charge in [-0.05, 0) is 30.7 Å². The number of rotatable bonds is 5. The van der Waals surface area contributed by atoms with Crippen molar-refractivity contribution in [3.8, 4) is 5.75 Å². The average molecular weight is 405 g/mol. The molecule has 0 aliphatic carbocycles. The zero-order valence-corrected chi connectivity index (χ0v) is 17.2. The number of carbonyl (C=O) groups excluding carboxylic acids is 1. The van der Waals surface area contributed by atoms with Crippen LogP contribution in [0.1, 0.15) is 22.1 Å². The smallest absolute Gasteiger partial charge is 0.323 e. The van der Waals surface area contributed by atoms with Crippen LogP contribution in [0.2, 0.25) is 0 Å². The van der Waals surface area contributed by atoms with Gasteiger partial charge < -0.3 is 15.0 Å². The molecule has 3 aromatic rings. The molecule has 4 nitrogen and oxygen atoms in total. The quantitative estimate of drug-likeness (QED) is 0.580. The van der Waals surface area contributed by atoms with Crippen molar-refractivity contribution in [1.29, 1.82) is 0 Å². The minimum absolute atomic E-state index is 0.0626. The lowest BCUT2D eigenvalue weighted by molar-refractivity contribution is 0.213. The van der Waals surface area contributed by atoms with Gasteiger partial charge in [0, 0.05) is 23.5 Å². The second-order valence-electron chi connectivity index (χ2n) is 7.02. The van der Waals surface area contributed by atoms with Gasteiger partial charge in [0.25, 0.3) is 0 Å². The largest absolute Gasteiger partial charge is 0.489 e. The van der Waals surface area contributed by atoms with Crippen molar-refractivity contribution < 1.29 is 9.53 Å². The highest BCUT2D eigenvalue weighted by atomic mass is 32.2. The zero-order chi connectivity index (χ0) is 20.1. The number of nitrogens with zero attached hydrogens (tertiary/aromatic N) is 1. The van der Waals surface area contributed by atoms with Crippen LogP contribution in [0.3, 0.4) is 0 Å². The normalized spacial score (nSPS) is 15.9. The van der Waals surface area contributed by atoms with E-state index in [2.05, 4.69) is 11.4 Å². The molecule has 0 saturated carbocycles. The predicted octanol–water partition coefficient (Wildman–Crippen LogP) is 5.85. The number of aryl methyl sites for hydroxylation is 1. The van der Waals surface area contributed by atoms with E-state index >= 15 is 0 Å². The van der Waals surface area contributed by atoms with Crippen LogP contribution >= 0.6 is 11.8 Å². The molecule has 1 N–H and O–H groups in total. The standard InChI is InChI=1S/C24H24N2O2S/c1-18-11-13-20(14-12-18)25-24(27)26-15-16-29-23(26)21-9-5-6-10-22(21)28-17-19-7-3-2-4-8-19/h2-14,23H,15-17H2,1H3,(H,25,27). The molecular formula is C24H24N2O2S. The van der Waals surface area contributed by atoms with Crippen LogP contribution in [-0.2, 0) is 6.61 Å². The van der Waals surface area contributed by atoms with Gasteiger partial charge in [-0.15, -0.1) is 11.8 Å². The monoisotopic (exact) mass is 404 g/mol. The number of amides is 2. The van der Waals surface area contributed by atoms with Crippen LogP contribution in [0, 0.1) is 6.92 Å². The number of nitrogens with one attached hydrogen (secondary N) is 1. The van der Waals surface area contributed by atoms with Crippen LogP contribution in [0.25, 0.3) is 0 Å². The Kier molecular flexibility index (Phi) is 6.06. The molecular weight excluding hydrogens is 380 g/mol. The maximum atomic E-state index is 12.9. The molecule has 0 aromatic heterocycles. The van der Waals surface area contributed by atoms with Gasteiger partial charge in [-0.2, -0.15) is 0 Å². The summed E-state index contributed by atoms with van der Waals surface area (Å²) in [5.41, 5.74) is 4.13. The van der Waals surface area contributed by atoms with Gasteiger partial charge in [0.15, 0.2) is 0 Å². The molecule has 1 unspecified atom stereocenters. The van der Waals surface area contributed by atoms with Gasteiger partial charge in [0.05, 0.1) is 0 Å². The summed E-state index contributed by atoms with van der Waals surface area (Å²) in [6, 6.07) is 25.9. The third-order valence-electron chi connectivity index (χ3n) is 4.88. The first-order valence-electron chi connectivity index (χ1n) is 9.72. The molecule has 148 valence electrons. The van der Waals surface area contributed by atoms with Crippen molar-refractivity contribution in [1.82, 2.24) is 4.90 Å². The van der Waals surface area contributed by atoms with E-state index in [1.54, 1.807) is 11.8 Å². The van der Waals surface area contributed by atoms with Gasteiger partial charge in [0.1, 0.15) is 17.7 Å². The van der Waals surface area contributed by atoms with Crippen LogP contribution in [0.4, 0.5) is 10.5 Å². The second-order valence-corrected chi connectivity index (χ2v) is 8.21. The van der Waals surface area contributed by atoms with Crippen LogP contribution < -0.4 is 10.1 Å². The highest BCUT2D eigenvalue weighted by Crippen LogP contribution is 2.42. The molecule has 1 heterocycles. The van der Waals surface area contributed by atoms with Crippen molar-refractivity contribution >= 4 is 23.5 Å². The fraction of sp³-hybridized carbons (Fsp3) is 0.208. The summed E-state index contributed by atoms with van der Waals surface area (Å²) in [5.74, 6) is 1.72. The van der Waals surface area contributed by atoms with E-state index in [4.69, 9.17) is 4.74 Å². The first-order valence-corrected chi connectivity index (χ1v) is 10.8. The Morgan fingerprint density at radius 2 is 1.76 bits per heavy atom. The number of thioether (sulfide) groups is 1. The van der Waals surface area contributed by atoms with Crippen molar-refractivity contribution in [3.63, 3.8) is 0 Å². The first-order chi connectivity index (χ1) is 14.2. The van der Waals surface area contributed by atoms with E-state index in [0.29, 0.717) is 13.2 Å². The van der Waals surface area contributed by atoms with E-state index in [1.165, 1.54) is 5.56 Å². The van der Waals surface area contributed by atoms with E-state index in [0.717, 1.165) is 28.3 Å². The molecule has 5 heteroatoms. The van der Waals surface area contributed by atoms with E-state index in [9.17, 15) is 4.79 Å². The molecule has 1 atom stereocenters. The molecule has 1 fully saturated rings. The maximum Gasteiger partial charge on any atom is 0.323 e. The lowest BCUT2D eigenvalue weighted by atomic mass is 10.1. The van der Waals surface area contributed by atoms with Gasteiger partial charge in [-0.1, -0.05) is 66.2 Å². The Morgan fingerprint density at radius 1 is 1.03 bits per heavy atom. The van der Waals surface area contributed by atoms with Crippen molar-refractivity contribution in [2.75, 3.05) is 17.6 Å². The molecule has 1 aliphatic rings. The molecule has 3 aromatic carbocycles. The number of urea groups is 1. The van der Waals surface area contributed by atoms with Gasteiger partial charge in [-0.3, -0.25) is 0 Å². The Balaban J connectivity index is 1.49. The first kappa shape index (κ1) is 19.4.